The number of hydrogen-bond acceptors (Lipinski definition) is 3. The first-order valence-electron chi connectivity index (χ1n) is 6.63. The van der Waals surface area contributed by atoms with Crippen LogP contribution in [0.15, 0.2) is 17.5 Å². The Balaban J connectivity index is 1.98. The molecule has 1 aromatic rings. The zero-order valence-electron chi connectivity index (χ0n) is 11.1. The van der Waals surface area contributed by atoms with Crippen molar-refractivity contribution in [2.75, 3.05) is 13.1 Å². The summed E-state index contributed by atoms with van der Waals surface area (Å²) in [5.74, 6) is 0.814. The van der Waals surface area contributed by atoms with Crippen molar-refractivity contribution in [3.8, 4) is 0 Å². The van der Waals surface area contributed by atoms with Crippen LogP contribution in [-0.2, 0) is 11.2 Å². The molecule has 1 amide bonds. The van der Waals surface area contributed by atoms with Gasteiger partial charge in [0.1, 0.15) is 0 Å². The molecule has 3 nitrogen and oxygen atoms in total. The number of likely N-dealkylation sites (tertiary alicyclic amines) is 1. The van der Waals surface area contributed by atoms with Crippen molar-refractivity contribution < 1.29 is 4.79 Å². The Hall–Kier alpha value is -0.870. The number of thiophene rings is 1. The number of nitrogens with two attached hydrogens (primary N) is 1. The number of rotatable bonds is 3. The molecule has 4 heteroatoms. The molecule has 2 rings (SSSR count). The van der Waals surface area contributed by atoms with Crippen LogP contribution in [0, 0.1) is 11.8 Å². The van der Waals surface area contributed by atoms with Crippen LogP contribution in [0.25, 0.3) is 0 Å². The van der Waals surface area contributed by atoms with Gasteiger partial charge in [0, 0.05) is 29.9 Å². The molecule has 1 fully saturated rings. The Bertz CT molecular complexity index is 389. The van der Waals surface area contributed by atoms with Crippen molar-refractivity contribution >= 4 is 17.2 Å². The number of nitrogens with zero attached hydrogens (tertiary/aromatic N) is 1. The topological polar surface area (TPSA) is 46.3 Å². The van der Waals surface area contributed by atoms with E-state index in [0.717, 1.165) is 25.9 Å². The van der Waals surface area contributed by atoms with Crippen LogP contribution >= 0.6 is 11.3 Å². The normalized spacial score (nSPS) is 24.6. The summed E-state index contributed by atoms with van der Waals surface area (Å²) < 4.78 is 0. The second-order valence-electron chi connectivity index (χ2n) is 5.54. The van der Waals surface area contributed by atoms with E-state index >= 15 is 0 Å². The van der Waals surface area contributed by atoms with E-state index in [1.807, 2.05) is 18.7 Å². The molecule has 0 bridgehead atoms. The number of piperidine rings is 1. The van der Waals surface area contributed by atoms with Gasteiger partial charge in [-0.15, -0.1) is 11.3 Å². The Morgan fingerprint density at radius 3 is 2.94 bits per heavy atom. The molecule has 0 saturated carbocycles. The van der Waals surface area contributed by atoms with Crippen molar-refractivity contribution in [1.82, 2.24) is 4.90 Å². The highest BCUT2D eigenvalue weighted by atomic mass is 32.1. The quantitative estimate of drug-likeness (QED) is 0.911. The Morgan fingerprint density at radius 1 is 1.56 bits per heavy atom. The molecular weight excluding hydrogens is 244 g/mol. The number of hydrogen-bond donors (Lipinski definition) is 1. The highest BCUT2D eigenvalue weighted by molar-refractivity contribution is 7.09. The average Bonchev–Trinajstić information content (AvgIpc) is 2.79. The third-order valence-electron chi connectivity index (χ3n) is 3.45. The standard InChI is InChI=1S/C14H22N2OS/c1-10(2)14(17)16-8-11(6-12(15)9-16)7-13-4-3-5-18-13/h3-5,10-12H,6-9,15H2,1-2H3. The summed E-state index contributed by atoms with van der Waals surface area (Å²) in [6.45, 7) is 5.49. The fourth-order valence-corrected chi connectivity index (χ4v) is 3.47. The molecule has 1 aliphatic rings. The van der Waals surface area contributed by atoms with Crippen LogP contribution in [0.4, 0.5) is 0 Å². The van der Waals surface area contributed by atoms with E-state index in [4.69, 9.17) is 5.73 Å². The van der Waals surface area contributed by atoms with Gasteiger partial charge in [0.05, 0.1) is 0 Å². The largest absolute Gasteiger partial charge is 0.341 e. The smallest absolute Gasteiger partial charge is 0.225 e. The Kier molecular flexibility index (Phi) is 4.40. The second-order valence-corrected chi connectivity index (χ2v) is 6.58. The van der Waals surface area contributed by atoms with E-state index < -0.39 is 0 Å². The zero-order valence-corrected chi connectivity index (χ0v) is 12.0. The fraction of sp³-hybridized carbons (Fsp3) is 0.643. The summed E-state index contributed by atoms with van der Waals surface area (Å²) in [6.07, 6.45) is 2.08. The lowest BCUT2D eigenvalue weighted by atomic mass is 9.90. The first-order chi connectivity index (χ1) is 8.56. The van der Waals surface area contributed by atoms with Gasteiger partial charge in [-0.3, -0.25) is 4.79 Å². The van der Waals surface area contributed by atoms with Crippen LogP contribution < -0.4 is 5.73 Å². The van der Waals surface area contributed by atoms with E-state index in [1.165, 1.54) is 4.88 Å². The molecule has 1 aromatic heterocycles. The molecule has 0 spiro atoms. The van der Waals surface area contributed by atoms with Crippen molar-refractivity contribution in [2.45, 2.75) is 32.7 Å². The van der Waals surface area contributed by atoms with Crippen molar-refractivity contribution in [3.63, 3.8) is 0 Å². The molecule has 18 heavy (non-hydrogen) atoms. The number of amides is 1. The summed E-state index contributed by atoms with van der Waals surface area (Å²) in [6, 6.07) is 4.38. The summed E-state index contributed by atoms with van der Waals surface area (Å²) >= 11 is 1.79. The minimum absolute atomic E-state index is 0.0673. The van der Waals surface area contributed by atoms with Gasteiger partial charge in [-0.05, 0) is 30.2 Å². The van der Waals surface area contributed by atoms with E-state index in [0.29, 0.717) is 5.92 Å². The Morgan fingerprint density at radius 2 is 2.33 bits per heavy atom. The number of carbonyl (C=O) groups excluding carboxylic acids is 1. The van der Waals surface area contributed by atoms with Gasteiger partial charge >= 0.3 is 0 Å². The summed E-state index contributed by atoms with van der Waals surface area (Å²) in [5.41, 5.74) is 6.09. The molecule has 0 aromatic carbocycles. The van der Waals surface area contributed by atoms with Gasteiger partial charge in [-0.25, -0.2) is 0 Å². The third kappa shape index (κ3) is 3.33. The molecular formula is C14H22N2OS. The molecule has 2 N–H and O–H groups in total. The van der Waals surface area contributed by atoms with Crippen molar-refractivity contribution in [1.29, 1.82) is 0 Å². The highest BCUT2D eigenvalue weighted by Crippen LogP contribution is 2.23. The lowest BCUT2D eigenvalue weighted by Gasteiger charge is -2.37. The summed E-state index contributed by atoms with van der Waals surface area (Å²) in [5, 5.41) is 2.11. The maximum atomic E-state index is 12.1. The van der Waals surface area contributed by atoms with E-state index in [9.17, 15) is 4.79 Å². The van der Waals surface area contributed by atoms with Crippen molar-refractivity contribution in [2.24, 2.45) is 17.6 Å². The minimum Gasteiger partial charge on any atom is -0.341 e. The van der Waals surface area contributed by atoms with Gasteiger partial charge in [-0.1, -0.05) is 19.9 Å². The lowest BCUT2D eigenvalue weighted by molar-refractivity contribution is -0.136. The van der Waals surface area contributed by atoms with E-state index in [2.05, 4.69) is 17.5 Å². The predicted molar refractivity (Wildman–Crippen MR) is 75.5 cm³/mol. The maximum absolute atomic E-state index is 12.1. The molecule has 2 heterocycles. The molecule has 0 aliphatic carbocycles. The second kappa shape index (κ2) is 5.85. The highest BCUT2D eigenvalue weighted by Gasteiger charge is 2.29. The maximum Gasteiger partial charge on any atom is 0.225 e. The van der Waals surface area contributed by atoms with Gasteiger partial charge < -0.3 is 10.6 Å². The van der Waals surface area contributed by atoms with Gasteiger partial charge in [-0.2, -0.15) is 0 Å². The first-order valence-corrected chi connectivity index (χ1v) is 7.51. The van der Waals surface area contributed by atoms with E-state index in [-0.39, 0.29) is 17.9 Å². The Labute approximate surface area is 113 Å². The predicted octanol–water partition coefficient (Wildman–Crippen LogP) is 2.12. The molecule has 2 atom stereocenters. The molecule has 1 saturated heterocycles. The van der Waals surface area contributed by atoms with Gasteiger partial charge in [0.15, 0.2) is 0 Å². The van der Waals surface area contributed by atoms with Crippen LogP contribution in [0.3, 0.4) is 0 Å². The molecule has 100 valence electrons. The zero-order chi connectivity index (χ0) is 13.1. The van der Waals surface area contributed by atoms with Crippen molar-refractivity contribution in [3.05, 3.63) is 22.4 Å². The van der Waals surface area contributed by atoms with Crippen LogP contribution in [0.1, 0.15) is 25.1 Å². The van der Waals surface area contributed by atoms with Gasteiger partial charge in [0.25, 0.3) is 0 Å². The van der Waals surface area contributed by atoms with Gasteiger partial charge in [0.2, 0.25) is 5.91 Å². The minimum atomic E-state index is 0.0673. The molecule has 2 unspecified atom stereocenters. The van der Waals surface area contributed by atoms with E-state index in [1.54, 1.807) is 11.3 Å². The summed E-state index contributed by atoms with van der Waals surface area (Å²) in [4.78, 5) is 15.4. The first kappa shape index (κ1) is 13.6. The van der Waals surface area contributed by atoms with Crippen LogP contribution in [0.5, 0.6) is 0 Å². The summed E-state index contributed by atoms with van der Waals surface area (Å²) in [7, 11) is 0. The van der Waals surface area contributed by atoms with Crippen LogP contribution in [-0.4, -0.2) is 29.9 Å². The SMILES string of the molecule is CC(C)C(=O)N1CC(N)CC(Cc2cccs2)C1. The molecule has 1 aliphatic heterocycles. The average molecular weight is 266 g/mol. The third-order valence-corrected chi connectivity index (χ3v) is 4.34. The monoisotopic (exact) mass is 266 g/mol. The lowest BCUT2D eigenvalue weighted by Crippen LogP contribution is -2.50. The number of carbonyl (C=O) groups is 1. The van der Waals surface area contributed by atoms with Crippen LogP contribution in [0.2, 0.25) is 0 Å². The fourth-order valence-electron chi connectivity index (χ4n) is 2.65. The molecule has 0 radical (unpaired) electrons.